The molecule has 0 fully saturated rings. The minimum atomic E-state index is -0.583. The first-order chi connectivity index (χ1) is 6.61. The maximum atomic E-state index is 13.3. The molecule has 0 atom stereocenters. The summed E-state index contributed by atoms with van der Waals surface area (Å²) in [6.07, 6.45) is 0. The summed E-state index contributed by atoms with van der Waals surface area (Å²) in [6.45, 7) is 0.340. The van der Waals surface area contributed by atoms with Crippen LogP contribution >= 0.6 is 11.6 Å². The maximum Gasteiger partial charge on any atom is 0.176 e. The number of nitrogens with one attached hydrogen (secondary N) is 1. The van der Waals surface area contributed by atoms with Crippen LogP contribution in [0.25, 0.3) is 0 Å². The minimum absolute atomic E-state index is 0.0993. The highest BCUT2D eigenvalue weighted by atomic mass is 35.5. The van der Waals surface area contributed by atoms with Crippen molar-refractivity contribution in [3.8, 4) is 11.5 Å². The SMILES string of the molecule is CNCc1cc(F)c(OC)c(Cl)c1O. The monoisotopic (exact) mass is 219 g/mol. The average molecular weight is 220 g/mol. The van der Waals surface area contributed by atoms with Crippen molar-refractivity contribution in [3.63, 3.8) is 0 Å². The fraction of sp³-hybridized carbons (Fsp3) is 0.333. The molecule has 0 saturated heterocycles. The Morgan fingerprint density at radius 2 is 2.29 bits per heavy atom. The van der Waals surface area contributed by atoms with Crippen LogP contribution in [-0.2, 0) is 6.54 Å². The second-order valence-corrected chi connectivity index (χ2v) is 3.12. The molecule has 0 saturated carbocycles. The smallest absolute Gasteiger partial charge is 0.176 e. The molecule has 0 spiro atoms. The third-order valence-electron chi connectivity index (χ3n) is 1.80. The highest BCUT2D eigenvalue weighted by Crippen LogP contribution is 2.38. The standard InChI is InChI=1S/C9H11ClFNO2/c1-12-4-5-3-6(11)9(14-2)7(10)8(5)13/h3,12-13H,4H2,1-2H3. The maximum absolute atomic E-state index is 13.3. The van der Waals surface area contributed by atoms with Crippen LogP contribution in [0.4, 0.5) is 4.39 Å². The second kappa shape index (κ2) is 4.48. The summed E-state index contributed by atoms with van der Waals surface area (Å²) < 4.78 is 18.0. The molecule has 0 amide bonds. The fourth-order valence-corrected chi connectivity index (χ4v) is 1.44. The van der Waals surface area contributed by atoms with E-state index in [1.54, 1.807) is 7.05 Å². The molecule has 0 unspecified atom stereocenters. The molecule has 14 heavy (non-hydrogen) atoms. The number of hydrogen-bond acceptors (Lipinski definition) is 3. The van der Waals surface area contributed by atoms with Crippen molar-refractivity contribution in [2.45, 2.75) is 6.54 Å². The third-order valence-corrected chi connectivity index (χ3v) is 2.15. The lowest BCUT2D eigenvalue weighted by Gasteiger charge is -2.10. The number of ether oxygens (including phenoxy) is 1. The first-order valence-corrected chi connectivity index (χ1v) is 4.38. The van der Waals surface area contributed by atoms with Gasteiger partial charge >= 0.3 is 0 Å². The number of phenolic OH excluding ortho intramolecular Hbond substituents is 1. The summed E-state index contributed by atoms with van der Waals surface area (Å²) in [4.78, 5) is 0. The Labute approximate surface area is 86.5 Å². The summed E-state index contributed by atoms with van der Waals surface area (Å²) in [5.74, 6) is -0.871. The van der Waals surface area contributed by atoms with Gasteiger partial charge in [0, 0.05) is 12.1 Å². The molecule has 0 radical (unpaired) electrons. The van der Waals surface area contributed by atoms with Gasteiger partial charge in [-0.05, 0) is 13.1 Å². The average Bonchev–Trinajstić information content (AvgIpc) is 2.15. The summed E-state index contributed by atoms with van der Waals surface area (Å²) in [5.41, 5.74) is 0.399. The van der Waals surface area contributed by atoms with Gasteiger partial charge in [0.15, 0.2) is 11.6 Å². The van der Waals surface area contributed by atoms with Crippen molar-refractivity contribution in [2.24, 2.45) is 0 Å². The normalized spacial score (nSPS) is 10.3. The quantitative estimate of drug-likeness (QED) is 0.816. The Balaban J connectivity index is 3.25. The molecule has 0 bridgehead atoms. The van der Waals surface area contributed by atoms with Gasteiger partial charge in [0.2, 0.25) is 0 Å². The summed E-state index contributed by atoms with van der Waals surface area (Å²) >= 11 is 5.70. The van der Waals surface area contributed by atoms with Gasteiger partial charge in [0.25, 0.3) is 0 Å². The molecule has 0 heterocycles. The molecule has 0 aromatic heterocycles. The van der Waals surface area contributed by atoms with Crippen molar-refractivity contribution < 1.29 is 14.2 Å². The van der Waals surface area contributed by atoms with Crippen LogP contribution in [0.5, 0.6) is 11.5 Å². The zero-order valence-corrected chi connectivity index (χ0v) is 8.65. The van der Waals surface area contributed by atoms with Crippen LogP contribution < -0.4 is 10.1 Å². The van der Waals surface area contributed by atoms with E-state index in [-0.39, 0.29) is 16.5 Å². The number of aromatic hydroxyl groups is 1. The predicted molar refractivity (Wildman–Crippen MR) is 52.4 cm³/mol. The van der Waals surface area contributed by atoms with E-state index in [0.717, 1.165) is 0 Å². The largest absolute Gasteiger partial charge is 0.506 e. The molecule has 2 N–H and O–H groups in total. The van der Waals surface area contributed by atoms with Crippen LogP contribution in [0.2, 0.25) is 5.02 Å². The Morgan fingerprint density at radius 3 is 2.79 bits per heavy atom. The Bertz CT molecular complexity index is 344. The van der Waals surface area contributed by atoms with E-state index in [4.69, 9.17) is 16.3 Å². The van der Waals surface area contributed by atoms with Gasteiger partial charge in [-0.25, -0.2) is 4.39 Å². The highest BCUT2D eigenvalue weighted by Gasteiger charge is 2.16. The highest BCUT2D eigenvalue weighted by molar-refractivity contribution is 6.33. The molecule has 0 aliphatic carbocycles. The van der Waals surface area contributed by atoms with E-state index in [1.165, 1.54) is 13.2 Å². The van der Waals surface area contributed by atoms with Gasteiger partial charge < -0.3 is 15.2 Å². The second-order valence-electron chi connectivity index (χ2n) is 2.74. The number of halogens is 2. The summed E-state index contributed by atoms with van der Waals surface area (Å²) in [5, 5.41) is 12.2. The van der Waals surface area contributed by atoms with E-state index in [0.29, 0.717) is 12.1 Å². The van der Waals surface area contributed by atoms with Crippen molar-refractivity contribution >= 4 is 11.6 Å². The van der Waals surface area contributed by atoms with Crippen molar-refractivity contribution in [2.75, 3.05) is 14.2 Å². The predicted octanol–water partition coefficient (Wildman–Crippen LogP) is 1.91. The number of methoxy groups -OCH3 is 1. The van der Waals surface area contributed by atoms with Crippen molar-refractivity contribution in [1.82, 2.24) is 5.32 Å². The molecular formula is C9H11ClFNO2. The lowest BCUT2D eigenvalue weighted by atomic mass is 10.2. The van der Waals surface area contributed by atoms with Gasteiger partial charge in [0.05, 0.1) is 7.11 Å². The number of hydrogen-bond donors (Lipinski definition) is 2. The van der Waals surface area contributed by atoms with Crippen LogP contribution in [0.15, 0.2) is 6.07 Å². The topological polar surface area (TPSA) is 41.5 Å². The van der Waals surface area contributed by atoms with Crippen LogP contribution in [0.1, 0.15) is 5.56 Å². The molecule has 1 aromatic rings. The number of benzene rings is 1. The zero-order valence-electron chi connectivity index (χ0n) is 7.90. The van der Waals surface area contributed by atoms with Gasteiger partial charge in [-0.3, -0.25) is 0 Å². The summed E-state index contributed by atoms with van der Waals surface area (Å²) in [6, 6.07) is 1.19. The molecule has 5 heteroatoms. The van der Waals surface area contributed by atoms with Gasteiger partial charge in [0.1, 0.15) is 10.8 Å². The van der Waals surface area contributed by atoms with E-state index >= 15 is 0 Å². The molecule has 78 valence electrons. The zero-order chi connectivity index (χ0) is 10.7. The lowest BCUT2D eigenvalue weighted by Crippen LogP contribution is -2.06. The van der Waals surface area contributed by atoms with E-state index in [9.17, 15) is 9.50 Å². The van der Waals surface area contributed by atoms with Crippen LogP contribution in [0.3, 0.4) is 0 Å². The number of phenols is 1. The van der Waals surface area contributed by atoms with Gasteiger partial charge in [-0.1, -0.05) is 11.6 Å². The minimum Gasteiger partial charge on any atom is -0.506 e. The van der Waals surface area contributed by atoms with Gasteiger partial charge in [-0.2, -0.15) is 0 Å². The third kappa shape index (κ3) is 1.91. The molecule has 0 aliphatic rings. The number of rotatable bonds is 3. The lowest BCUT2D eigenvalue weighted by molar-refractivity contribution is 0.379. The summed E-state index contributed by atoms with van der Waals surface area (Å²) in [7, 11) is 2.98. The molecule has 3 nitrogen and oxygen atoms in total. The Morgan fingerprint density at radius 1 is 1.64 bits per heavy atom. The van der Waals surface area contributed by atoms with Crippen molar-refractivity contribution in [1.29, 1.82) is 0 Å². The molecular weight excluding hydrogens is 209 g/mol. The Kier molecular flexibility index (Phi) is 3.55. The van der Waals surface area contributed by atoms with Gasteiger partial charge in [-0.15, -0.1) is 0 Å². The molecule has 1 aromatic carbocycles. The van der Waals surface area contributed by atoms with Crippen molar-refractivity contribution in [3.05, 3.63) is 22.5 Å². The van der Waals surface area contributed by atoms with E-state index in [1.807, 2.05) is 0 Å². The fourth-order valence-electron chi connectivity index (χ4n) is 1.15. The Hall–Kier alpha value is -1.00. The van der Waals surface area contributed by atoms with Crippen LogP contribution in [-0.4, -0.2) is 19.3 Å². The van der Waals surface area contributed by atoms with Crippen LogP contribution in [0, 0.1) is 5.82 Å². The first-order valence-electron chi connectivity index (χ1n) is 4.00. The van der Waals surface area contributed by atoms with E-state index < -0.39 is 5.82 Å². The first kappa shape index (κ1) is 11.1. The molecule has 0 aliphatic heterocycles. The molecule has 1 rings (SSSR count). The van der Waals surface area contributed by atoms with E-state index in [2.05, 4.69) is 5.32 Å².